The summed E-state index contributed by atoms with van der Waals surface area (Å²) in [6.45, 7) is 0. The van der Waals surface area contributed by atoms with Crippen molar-refractivity contribution in [1.82, 2.24) is 0 Å². The highest BCUT2D eigenvalue weighted by molar-refractivity contribution is 7.17. The van der Waals surface area contributed by atoms with E-state index >= 15 is 0 Å². The Balaban J connectivity index is 2.80. The van der Waals surface area contributed by atoms with Gasteiger partial charge in [0.2, 0.25) is 0 Å². The summed E-state index contributed by atoms with van der Waals surface area (Å²) in [5, 5.41) is 19.4. The molecule has 0 aliphatic carbocycles. The normalized spacial score (nSPS) is 10.6. The van der Waals surface area contributed by atoms with Crippen molar-refractivity contribution in [1.29, 1.82) is 0 Å². The van der Waals surface area contributed by atoms with Gasteiger partial charge in [0, 0.05) is 10.1 Å². The van der Waals surface area contributed by atoms with Crippen LogP contribution in [-0.4, -0.2) is 16.2 Å². The van der Waals surface area contributed by atoms with Crippen LogP contribution < -0.4 is 0 Å². The fraction of sp³-hybridized carbons (Fsp3) is 0. The number of carbonyl (C=O) groups is 1. The molecule has 0 atom stereocenters. The highest BCUT2D eigenvalue weighted by atomic mass is 32.1. The summed E-state index contributed by atoms with van der Waals surface area (Å²) in [6.07, 6.45) is 0. The Hall–Kier alpha value is -1.62. The van der Waals surface area contributed by atoms with Crippen LogP contribution in [0.2, 0.25) is 0 Å². The Morgan fingerprint density at radius 1 is 1.43 bits per heavy atom. The van der Waals surface area contributed by atoms with Crippen LogP contribution in [0, 0.1) is 5.82 Å². The van der Waals surface area contributed by atoms with Gasteiger partial charge in [0.25, 0.3) is 0 Å². The lowest BCUT2D eigenvalue weighted by Gasteiger charge is -1.97. The van der Waals surface area contributed by atoms with E-state index in [4.69, 9.17) is 5.11 Å². The molecule has 0 fully saturated rings. The first kappa shape index (κ1) is 8.96. The highest BCUT2D eigenvalue weighted by Gasteiger charge is 2.13. The molecule has 72 valence electrons. The Morgan fingerprint density at radius 2 is 2.14 bits per heavy atom. The van der Waals surface area contributed by atoms with Gasteiger partial charge in [0.15, 0.2) is 0 Å². The third-order valence-electron chi connectivity index (χ3n) is 1.85. The van der Waals surface area contributed by atoms with Gasteiger partial charge in [-0.2, -0.15) is 0 Å². The van der Waals surface area contributed by atoms with Crippen molar-refractivity contribution >= 4 is 27.4 Å². The number of thiophene rings is 1. The predicted molar refractivity (Wildman–Crippen MR) is 50.4 cm³/mol. The number of fused-ring (bicyclic) bond motifs is 1. The summed E-state index contributed by atoms with van der Waals surface area (Å²) >= 11 is 1.11. The molecule has 14 heavy (non-hydrogen) atoms. The van der Waals surface area contributed by atoms with Gasteiger partial charge in [-0.1, -0.05) is 0 Å². The molecule has 1 aromatic heterocycles. The molecule has 0 saturated carbocycles. The second kappa shape index (κ2) is 2.95. The van der Waals surface area contributed by atoms with E-state index in [1.165, 1.54) is 11.4 Å². The number of aromatic carboxylic acids is 1. The fourth-order valence-corrected chi connectivity index (χ4v) is 2.10. The van der Waals surface area contributed by atoms with Gasteiger partial charge in [-0.25, -0.2) is 9.18 Å². The molecule has 2 rings (SSSR count). The molecule has 5 heteroatoms. The average Bonchev–Trinajstić information content (AvgIpc) is 2.48. The van der Waals surface area contributed by atoms with Crippen LogP contribution in [0.15, 0.2) is 17.5 Å². The number of carboxylic acid groups (broad SMARTS) is 1. The first-order valence-corrected chi connectivity index (χ1v) is 4.60. The summed E-state index contributed by atoms with van der Waals surface area (Å²) in [5.74, 6) is -2.04. The van der Waals surface area contributed by atoms with Gasteiger partial charge in [-0.3, -0.25) is 0 Å². The Kier molecular flexibility index (Phi) is 1.89. The van der Waals surface area contributed by atoms with Crippen molar-refractivity contribution in [2.75, 3.05) is 0 Å². The van der Waals surface area contributed by atoms with E-state index in [9.17, 15) is 14.3 Å². The lowest BCUT2D eigenvalue weighted by molar-refractivity contribution is 0.0696. The summed E-state index contributed by atoms with van der Waals surface area (Å²) in [7, 11) is 0. The van der Waals surface area contributed by atoms with E-state index < -0.39 is 11.8 Å². The van der Waals surface area contributed by atoms with E-state index in [1.807, 2.05) is 0 Å². The maximum absolute atomic E-state index is 13.3. The van der Waals surface area contributed by atoms with Crippen LogP contribution in [0.5, 0.6) is 5.75 Å². The number of aromatic hydroxyl groups is 1. The van der Waals surface area contributed by atoms with E-state index in [-0.39, 0.29) is 16.7 Å². The quantitative estimate of drug-likeness (QED) is 0.763. The van der Waals surface area contributed by atoms with E-state index in [1.54, 1.807) is 0 Å². The molecule has 0 aliphatic rings. The summed E-state index contributed by atoms with van der Waals surface area (Å²) < 4.78 is 13.7. The Labute approximate surface area is 82.0 Å². The predicted octanol–water partition coefficient (Wildman–Crippen LogP) is 2.44. The van der Waals surface area contributed by atoms with Crippen molar-refractivity contribution < 1.29 is 19.4 Å². The summed E-state index contributed by atoms with van der Waals surface area (Å²) in [4.78, 5) is 10.6. The summed E-state index contributed by atoms with van der Waals surface area (Å²) in [5.41, 5.74) is -0.114. The number of rotatable bonds is 1. The first-order valence-electron chi connectivity index (χ1n) is 3.72. The molecule has 0 amide bonds. The van der Waals surface area contributed by atoms with Crippen LogP contribution in [0.25, 0.3) is 10.1 Å². The third-order valence-corrected chi connectivity index (χ3v) is 2.77. The Morgan fingerprint density at radius 3 is 2.79 bits per heavy atom. The molecule has 0 radical (unpaired) electrons. The molecule has 0 spiro atoms. The molecule has 1 aromatic carbocycles. The van der Waals surface area contributed by atoms with Gasteiger partial charge < -0.3 is 10.2 Å². The lowest BCUT2D eigenvalue weighted by atomic mass is 10.1. The number of hydrogen-bond acceptors (Lipinski definition) is 3. The smallest absolute Gasteiger partial charge is 0.335 e. The molecule has 2 N–H and O–H groups in total. The SMILES string of the molecule is O=C(O)c1cc(F)c2c(O)csc2c1. The lowest BCUT2D eigenvalue weighted by Crippen LogP contribution is -1.96. The fourth-order valence-electron chi connectivity index (χ4n) is 1.22. The molecule has 0 unspecified atom stereocenters. The largest absolute Gasteiger partial charge is 0.506 e. The monoisotopic (exact) mass is 212 g/mol. The maximum Gasteiger partial charge on any atom is 0.335 e. The van der Waals surface area contributed by atoms with Gasteiger partial charge in [-0.05, 0) is 12.1 Å². The maximum atomic E-state index is 13.3. The van der Waals surface area contributed by atoms with Crippen LogP contribution in [0.3, 0.4) is 0 Å². The zero-order valence-electron chi connectivity index (χ0n) is 6.82. The topological polar surface area (TPSA) is 57.5 Å². The van der Waals surface area contributed by atoms with Crippen LogP contribution in [0.1, 0.15) is 10.4 Å². The average molecular weight is 212 g/mol. The van der Waals surface area contributed by atoms with Crippen LogP contribution in [-0.2, 0) is 0 Å². The zero-order valence-corrected chi connectivity index (χ0v) is 7.64. The molecular formula is C9H5FO3S. The van der Waals surface area contributed by atoms with Gasteiger partial charge in [0.1, 0.15) is 11.6 Å². The molecule has 0 aliphatic heterocycles. The molecule has 0 bridgehead atoms. The minimum Gasteiger partial charge on any atom is -0.506 e. The van der Waals surface area contributed by atoms with E-state index in [0.717, 1.165) is 17.4 Å². The zero-order chi connectivity index (χ0) is 10.3. The minimum atomic E-state index is -1.18. The summed E-state index contributed by atoms with van der Waals surface area (Å²) in [6, 6.07) is 2.24. The van der Waals surface area contributed by atoms with Crippen molar-refractivity contribution in [2.45, 2.75) is 0 Å². The van der Waals surface area contributed by atoms with E-state index in [2.05, 4.69) is 0 Å². The second-order valence-electron chi connectivity index (χ2n) is 2.76. The van der Waals surface area contributed by atoms with Crippen molar-refractivity contribution in [2.24, 2.45) is 0 Å². The second-order valence-corrected chi connectivity index (χ2v) is 3.67. The number of benzene rings is 1. The van der Waals surface area contributed by atoms with E-state index in [0.29, 0.717) is 4.70 Å². The highest BCUT2D eigenvalue weighted by Crippen LogP contribution is 2.33. The standard InChI is InChI=1S/C9H5FO3S/c10-5-1-4(9(12)13)2-7-8(5)6(11)3-14-7/h1-3,11H,(H,12,13). The Bertz CT molecular complexity index is 518. The number of hydrogen-bond donors (Lipinski definition) is 2. The molecule has 0 saturated heterocycles. The van der Waals surface area contributed by atoms with Gasteiger partial charge >= 0.3 is 5.97 Å². The van der Waals surface area contributed by atoms with Crippen molar-refractivity contribution in [3.05, 3.63) is 28.9 Å². The molecule has 2 aromatic rings. The first-order chi connectivity index (χ1) is 6.59. The van der Waals surface area contributed by atoms with Crippen molar-refractivity contribution in [3.8, 4) is 5.75 Å². The van der Waals surface area contributed by atoms with Crippen molar-refractivity contribution in [3.63, 3.8) is 0 Å². The van der Waals surface area contributed by atoms with Gasteiger partial charge in [-0.15, -0.1) is 11.3 Å². The molecule has 1 heterocycles. The molecule has 3 nitrogen and oxygen atoms in total. The number of halogens is 1. The van der Waals surface area contributed by atoms with Crippen LogP contribution >= 0.6 is 11.3 Å². The van der Waals surface area contributed by atoms with Crippen LogP contribution in [0.4, 0.5) is 4.39 Å². The minimum absolute atomic E-state index is 0.0833. The molecular weight excluding hydrogens is 207 g/mol. The number of carboxylic acids is 1. The van der Waals surface area contributed by atoms with Gasteiger partial charge in [0.05, 0.1) is 10.9 Å². The third kappa shape index (κ3) is 1.22.